The van der Waals surface area contributed by atoms with E-state index >= 15 is 0 Å². The molecule has 0 N–H and O–H groups in total. The summed E-state index contributed by atoms with van der Waals surface area (Å²) >= 11 is 0. The molecular formula is C56H48O4S4. The van der Waals surface area contributed by atoms with E-state index < -0.39 is 43.2 Å². The minimum atomic E-state index is -1.06. The first-order valence-corrected chi connectivity index (χ1v) is 27.3. The van der Waals surface area contributed by atoms with Gasteiger partial charge in [-0.15, -0.1) is 0 Å². The van der Waals surface area contributed by atoms with Crippen molar-refractivity contribution < 1.29 is 16.8 Å². The summed E-state index contributed by atoms with van der Waals surface area (Å²) in [6.45, 7) is 0. The van der Waals surface area contributed by atoms with Gasteiger partial charge in [-0.05, 0) is 89.0 Å². The Balaban J connectivity index is 0.894. The minimum Gasteiger partial charge on any atom is -0.259 e. The van der Waals surface area contributed by atoms with Gasteiger partial charge in [0.05, 0.1) is 0 Å². The lowest BCUT2D eigenvalue weighted by Gasteiger charge is -2.09. The predicted molar refractivity (Wildman–Crippen MR) is 270 cm³/mol. The van der Waals surface area contributed by atoms with Crippen LogP contribution < -0.4 is 0 Å². The fourth-order valence-corrected chi connectivity index (χ4v) is 13.0. The van der Waals surface area contributed by atoms with Crippen molar-refractivity contribution in [2.24, 2.45) is 0 Å². The van der Waals surface area contributed by atoms with Gasteiger partial charge in [-0.25, -0.2) is 0 Å². The smallest absolute Gasteiger partial charge is 0.0489 e. The van der Waals surface area contributed by atoms with E-state index in [1.807, 2.05) is 0 Å². The normalized spacial score (nSPS) is 18.4. The lowest BCUT2D eigenvalue weighted by Crippen LogP contribution is -2.00. The molecule has 21 rings (SSSR count). The van der Waals surface area contributed by atoms with Crippen LogP contribution in [0.5, 0.6) is 0 Å². The third-order valence-corrected chi connectivity index (χ3v) is 16.8. The van der Waals surface area contributed by atoms with Crippen LogP contribution in [0.1, 0.15) is 44.5 Å². The molecule has 13 aliphatic heterocycles. The third-order valence-electron chi connectivity index (χ3n) is 11.6. The fraction of sp³-hybridized carbons (Fsp3) is 0.143. The average molecular weight is 913 g/mol. The molecule has 0 amide bonds. The first-order valence-electron chi connectivity index (χ1n) is 21.4. The van der Waals surface area contributed by atoms with Gasteiger partial charge >= 0.3 is 0 Å². The van der Waals surface area contributed by atoms with Crippen molar-refractivity contribution >= 4 is 43.2 Å². The van der Waals surface area contributed by atoms with Crippen molar-refractivity contribution in [3.8, 4) is 44.5 Å². The molecule has 0 saturated carbocycles. The SMILES string of the molecule is O=S1Cc2ccc(cc2)-c2ccc(cc2)CS(=O)Cc2ccc(cc2)-c2ccc(cc2)CS(=O)Cc2ccc(cc2)-c2ccc(cc2)CS(=O)Cc2ccc(cc2)-c2ccc(cc2)C1. The third kappa shape index (κ3) is 11.5. The van der Waals surface area contributed by atoms with E-state index in [-0.39, 0.29) is 0 Å². The van der Waals surface area contributed by atoms with Crippen LogP contribution in [0, 0.1) is 0 Å². The lowest BCUT2D eigenvalue weighted by atomic mass is 10.0. The quantitative estimate of drug-likeness (QED) is 0.152. The Morgan fingerprint density at radius 1 is 0.172 bits per heavy atom. The van der Waals surface area contributed by atoms with Crippen molar-refractivity contribution in [1.29, 1.82) is 0 Å². The highest BCUT2D eigenvalue weighted by Gasteiger charge is 2.11. The molecular weight excluding hydrogens is 865 g/mol. The van der Waals surface area contributed by atoms with Gasteiger partial charge < -0.3 is 0 Å². The minimum absolute atomic E-state index is 0.481. The van der Waals surface area contributed by atoms with E-state index in [9.17, 15) is 16.8 Å². The van der Waals surface area contributed by atoms with E-state index in [0.717, 1.165) is 89.0 Å². The maximum absolute atomic E-state index is 13.2. The second kappa shape index (κ2) is 20.5. The van der Waals surface area contributed by atoms with Crippen LogP contribution in [-0.2, 0) is 89.2 Å². The zero-order valence-electron chi connectivity index (χ0n) is 35.4. The van der Waals surface area contributed by atoms with E-state index in [0.29, 0.717) is 46.0 Å². The number of rotatable bonds is 0. The van der Waals surface area contributed by atoms with Crippen LogP contribution >= 0.6 is 0 Å². The van der Waals surface area contributed by atoms with Gasteiger partial charge in [0.15, 0.2) is 0 Å². The van der Waals surface area contributed by atoms with Crippen molar-refractivity contribution in [2.75, 3.05) is 0 Å². The number of benzene rings is 8. The monoisotopic (exact) mass is 912 g/mol. The Morgan fingerprint density at radius 3 is 0.359 bits per heavy atom. The Kier molecular flexibility index (Phi) is 13.9. The van der Waals surface area contributed by atoms with Gasteiger partial charge in [-0.3, -0.25) is 16.8 Å². The Bertz CT molecular complexity index is 2320. The predicted octanol–water partition coefficient (Wildman–Crippen LogP) is 12.5. The molecule has 320 valence electrons. The molecule has 4 nitrogen and oxygen atoms in total. The summed E-state index contributed by atoms with van der Waals surface area (Å²) in [6, 6.07) is 66.1. The van der Waals surface area contributed by atoms with Gasteiger partial charge in [0.2, 0.25) is 0 Å². The van der Waals surface area contributed by atoms with Crippen LogP contribution in [0.4, 0.5) is 0 Å². The molecule has 16 bridgehead atoms. The van der Waals surface area contributed by atoms with Gasteiger partial charge in [-0.2, -0.15) is 0 Å². The first-order chi connectivity index (χ1) is 31.2. The summed E-state index contributed by atoms with van der Waals surface area (Å²) in [5.74, 6) is 3.85. The van der Waals surface area contributed by atoms with E-state index in [1.165, 1.54) is 0 Å². The molecule has 0 spiro atoms. The summed E-state index contributed by atoms with van der Waals surface area (Å²) in [4.78, 5) is 0. The van der Waals surface area contributed by atoms with Gasteiger partial charge in [0.1, 0.15) is 0 Å². The largest absolute Gasteiger partial charge is 0.259 e. The van der Waals surface area contributed by atoms with Crippen LogP contribution in [0.15, 0.2) is 194 Å². The van der Waals surface area contributed by atoms with Crippen molar-refractivity contribution in [1.82, 2.24) is 0 Å². The molecule has 0 fully saturated rings. The van der Waals surface area contributed by atoms with Crippen LogP contribution in [0.25, 0.3) is 44.5 Å². The Morgan fingerprint density at radius 2 is 0.266 bits per heavy atom. The molecule has 0 aliphatic carbocycles. The molecule has 8 aromatic rings. The lowest BCUT2D eigenvalue weighted by molar-refractivity contribution is 0.681. The highest BCUT2D eigenvalue weighted by atomic mass is 32.2. The topological polar surface area (TPSA) is 68.3 Å². The van der Waals surface area contributed by atoms with Crippen molar-refractivity contribution in [3.63, 3.8) is 0 Å². The van der Waals surface area contributed by atoms with Gasteiger partial charge in [0.25, 0.3) is 0 Å². The van der Waals surface area contributed by atoms with Crippen LogP contribution in [-0.4, -0.2) is 16.8 Å². The molecule has 0 saturated heterocycles. The van der Waals surface area contributed by atoms with Gasteiger partial charge in [0, 0.05) is 89.2 Å². The highest BCUT2D eigenvalue weighted by molar-refractivity contribution is 7.84. The summed E-state index contributed by atoms with van der Waals surface area (Å²) in [5.41, 5.74) is 16.9. The Labute approximate surface area is 386 Å². The standard InChI is InChI=1S/C56H48O4S4/c57-61-33-41-1-17-49(18-2-41)50-19-3-43(4-20-50)35-62(58)36-44-9-25-53(26-10-44)54-27-11-47(12-28-54)39-64(60)40-48-15-31-56(32-16-48)55-29-13-46(14-30-55)38-63(59)37-45-7-23-52(24-8-45)51-21-5-42(34-61)6-22-51/h1-32H,33-40H2. The van der Waals surface area contributed by atoms with Crippen LogP contribution in [0.2, 0.25) is 0 Å². The summed E-state index contributed by atoms with van der Waals surface area (Å²) in [6.07, 6.45) is 0. The summed E-state index contributed by atoms with van der Waals surface area (Å²) in [5, 5.41) is 0. The number of hydrogen-bond acceptors (Lipinski definition) is 4. The summed E-state index contributed by atoms with van der Waals surface area (Å²) < 4.78 is 52.9. The average Bonchev–Trinajstić information content (AvgIpc) is 3.31. The van der Waals surface area contributed by atoms with Crippen molar-refractivity contribution in [2.45, 2.75) is 46.0 Å². The zero-order valence-corrected chi connectivity index (χ0v) is 38.7. The first kappa shape index (κ1) is 43.6. The van der Waals surface area contributed by atoms with Crippen LogP contribution in [0.3, 0.4) is 0 Å². The molecule has 64 heavy (non-hydrogen) atoms. The number of hydrogen-bond donors (Lipinski definition) is 0. The molecule has 13 aliphatic rings. The maximum Gasteiger partial charge on any atom is 0.0489 e. The molecule has 0 atom stereocenters. The maximum atomic E-state index is 13.2. The second-order valence-corrected chi connectivity index (χ2v) is 22.3. The molecule has 0 unspecified atom stereocenters. The van der Waals surface area contributed by atoms with E-state index in [4.69, 9.17) is 0 Å². The Hall–Kier alpha value is -5.64. The second-order valence-electron chi connectivity index (χ2n) is 16.5. The molecule has 8 aromatic carbocycles. The van der Waals surface area contributed by atoms with Gasteiger partial charge in [-0.1, -0.05) is 194 Å². The van der Waals surface area contributed by atoms with E-state index in [1.54, 1.807) is 0 Å². The van der Waals surface area contributed by atoms with E-state index in [2.05, 4.69) is 194 Å². The summed E-state index contributed by atoms with van der Waals surface area (Å²) in [7, 11) is -4.24. The fourth-order valence-electron chi connectivity index (χ4n) is 8.04. The highest BCUT2D eigenvalue weighted by Crippen LogP contribution is 2.27. The zero-order chi connectivity index (χ0) is 43.8. The molecule has 13 heterocycles. The molecule has 0 aromatic heterocycles. The molecule has 8 heteroatoms. The van der Waals surface area contributed by atoms with Crippen molar-refractivity contribution in [3.05, 3.63) is 239 Å². The molecule has 0 radical (unpaired) electrons.